The number of anilines is 2. The van der Waals surface area contributed by atoms with Crippen molar-refractivity contribution in [2.24, 2.45) is 0 Å². The molecule has 0 radical (unpaired) electrons. The third-order valence-corrected chi connectivity index (χ3v) is 4.81. The lowest BCUT2D eigenvalue weighted by molar-refractivity contribution is 0.0946. The molecule has 1 saturated heterocycles. The first-order valence-electron chi connectivity index (χ1n) is 8.57. The molecular formula is C18H20ClN5O. The van der Waals surface area contributed by atoms with Crippen LogP contribution in [0.25, 0.3) is 0 Å². The van der Waals surface area contributed by atoms with Gasteiger partial charge in [-0.15, -0.1) is 0 Å². The summed E-state index contributed by atoms with van der Waals surface area (Å²) < 4.78 is 0. The number of carbonyl (C=O) groups excluding carboxylic acids is 1. The number of benzene rings is 1. The fourth-order valence-electron chi connectivity index (χ4n) is 3.00. The number of aromatic nitrogens is 2. The molecule has 2 aromatic rings. The highest BCUT2D eigenvalue weighted by Gasteiger charge is 2.25. The van der Waals surface area contributed by atoms with E-state index in [0.717, 1.165) is 55.5 Å². The van der Waals surface area contributed by atoms with Gasteiger partial charge in [-0.3, -0.25) is 4.79 Å². The average molecular weight is 358 g/mol. The zero-order valence-corrected chi connectivity index (χ0v) is 14.6. The van der Waals surface area contributed by atoms with E-state index in [1.807, 2.05) is 18.2 Å². The standard InChI is InChI=1S/C18H20ClN5O/c19-13-2-1-3-15(10-13)23-6-8-24(9-7-23)17-11-16(20-12-21-17)18(25)22-14-4-5-14/h1-3,10-12,14H,4-9H2,(H,22,25). The Hall–Kier alpha value is -2.34. The minimum atomic E-state index is -0.108. The number of halogens is 1. The first-order valence-corrected chi connectivity index (χ1v) is 8.95. The fraction of sp³-hybridized carbons (Fsp3) is 0.389. The average Bonchev–Trinajstić information content (AvgIpc) is 3.46. The highest BCUT2D eigenvalue weighted by molar-refractivity contribution is 6.30. The van der Waals surface area contributed by atoms with Crippen LogP contribution in [0.1, 0.15) is 23.3 Å². The summed E-state index contributed by atoms with van der Waals surface area (Å²) in [7, 11) is 0. The molecule has 1 saturated carbocycles. The van der Waals surface area contributed by atoms with Crippen molar-refractivity contribution >= 4 is 29.0 Å². The molecule has 7 heteroatoms. The number of hydrogen-bond acceptors (Lipinski definition) is 5. The molecule has 1 N–H and O–H groups in total. The SMILES string of the molecule is O=C(NC1CC1)c1cc(N2CCN(c3cccc(Cl)c3)CC2)ncn1. The van der Waals surface area contributed by atoms with E-state index in [0.29, 0.717) is 11.7 Å². The normalized spacial score (nSPS) is 17.5. The maximum absolute atomic E-state index is 12.2. The summed E-state index contributed by atoms with van der Waals surface area (Å²) in [4.78, 5) is 25.1. The van der Waals surface area contributed by atoms with Gasteiger partial charge >= 0.3 is 0 Å². The van der Waals surface area contributed by atoms with Gasteiger partial charge in [0.05, 0.1) is 0 Å². The van der Waals surface area contributed by atoms with Crippen LogP contribution in [0.4, 0.5) is 11.5 Å². The van der Waals surface area contributed by atoms with E-state index in [4.69, 9.17) is 11.6 Å². The summed E-state index contributed by atoms with van der Waals surface area (Å²) in [6, 6.07) is 10.0. The molecule has 0 atom stereocenters. The highest BCUT2D eigenvalue weighted by atomic mass is 35.5. The molecule has 1 aliphatic heterocycles. The largest absolute Gasteiger partial charge is 0.368 e. The van der Waals surface area contributed by atoms with E-state index in [-0.39, 0.29) is 5.91 Å². The second kappa shape index (κ2) is 6.88. The van der Waals surface area contributed by atoms with Crippen LogP contribution < -0.4 is 15.1 Å². The maximum atomic E-state index is 12.2. The van der Waals surface area contributed by atoms with Crippen LogP contribution in [-0.4, -0.2) is 48.1 Å². The number of hydrogen-bond donors (Lipinski definition) is 1. The van der Waals surface area contributed by atoms with Crippen LogP contribution >= 0.6 is 11.6 Å². The first kappa shape index (κ1) is 16.1. The summed E-state index contributed by atoms with van der Waals surface area (Å²) >= 11 is 6.08. The van der Waals surface area contributed by atoms with Crippen LogP contribution in [-0.2, 0) is 0 Å². The van der Waals surface area contributed by atoms with Crippen molar-refractivity contribution in [3.63, 3.8) is 0 Å². The molecule has 130 valence electrons. The van der Waals surface area contributed by atoms with Crippen LogP contribution in [0.2, 0.25) is 5.02 Å². The minimum Gasteiger partial charge on any atom is -0.368 e. The molecule has 2 fully saturated rings. The van der Waals surface area contributed by atoms with Crippen molar-refractivity contribution in [2.75, 3.05) is 36.0 Å². The zero-order valence-electron chi connectivity index (χ0n) is 13.9. The van der Waals surface area contributed by atoms with Crippen LogP contribution in [0.15, 0.2) is 36.7 Å². The quantitative estimate of drug-likeness (QED) is 0.910. The molecule has 2 aliphatic rings. The number of amides is 1. The molecule has 0 unspecified atom stereocenters. The Morgan fingerprint density at radius 3 is 2.56 bits per heavy atom. The second-order valence-corrected chi connectivity index (χ2v) is 6.90. The van der Waals surface area contributed by atoms with Crippen molar-refractivity contribution in [1.82, 2.24) is 15.3 Å². The van der Waals surface area contributed by atoms with Crippen LogP contribution in [0.3, 0.4) is 0 Å². The second-order valence-electron chi connectivity index (χ2n) is 6.46. The predicted octanol–water partition coefficient (Wildman–Crippen LogP) is 2.35. The molecule has 6 nitrogen and oxygen atoms in total. The topological polar surface area (TPSA) is 61.4 Å². The summed E-state index contributed by atoms with van der Waals surface area (Å²) in [6.07, 6.45) is 3.60. The third-order valence-electron chi connectivity index (χ3n) is 4.57. The summed E-state index contributed by atoms with van der Waals surface area (Å²) in [5.74, 6) is 0.699. The lowest BCUT2D eigenvalue weighted by Crippen LogP contribution is -2.47. The van der Waals surface area contributed by atoms with Gasteiger partial charge in [-0.1, -0.05) is 17.7 Å². The van der Waals surface area contributed by atoms with Gasteiger partial charge in [-0.25, -0.2) is 9.97 Å². The molecule has 0 bridgehead atoms. The molecule has 1 aromatic carbocycles. The Morgan fingerprint density at radius 1 is 1.08 bits per heavy atom. The molecular weight excluding hydrogens is 338 g/mol. The van der Waals surface area contributed by atoms with E-state index in [1.54, 1.807) is 6.07 Å². The van der Waals surface area contributed by atoms with Gasteiger partial charge in [0.2, 0.25) is 0 Å². The van der Waals surface area contributed by atoms with Crippen molar-refractivity contribution in [3.8, 4) is 0 Å². The Kier molecular flexibility index (Phi) is 4.44. The number of piperazine rings is 1. The number of carbonyl (C=O) groups is 1. The summed E-state index contributed by atoms with van der Waals surface area (Å²) in [5.41, 5.74) is 1.58. The summed E-state index contributed by atoms with van der Waals surface area (Å²) in [6.45, 7) is 3.45. The van der Waals surface area contributed by atoms with Crippen molar-refractivity contribution < 1.29 is 4.79 Å². The highest BCUT2D eigenvalue weighted by Crippen LogP contribution is 2.23. The molecule has 1 aliphatic carbocycles. The molecule has 4 rings (SSSR count). The third kappa shape index (κ3) is 3.85. The number of rotatable bonds is 4. The summed E-state index contributed by atoms with van der Waals surface area (Å²) in [5, 5.41) is 3.72. The smallest absolute Gasteiger partial charge is 0.270 e. The van der Waals surface area contributed by atoms with E-state index in [9.17, 15) is 4.79 Å². The number of nitrogens with one attached hydrogen (secondary N) is 1. The lowest BCUT2D eigenvalue weighted by atomic mass is 10.2. The van der Waals surface area contributed by atoms with E-state index >= 15 is 0 Å². The van der Waals surface area contributed by atoms with Gasteiger partial charge < -0.3 is 15.1 Å². The van der Waals surface area contributed by atoms with Gasteiger partial charge in [0.15, 0.2) is 0 Å². The molecule has 1 amide bonds. The first-order chi connectivity index (χ1) is 12.2. The molecule has 0 spiro atoms. The lowest BCUT2D eigenvalue weighted by Gasteiger charge is -2.36. The molecule has 2 heterocycles. The maximum Gasteiger partial charge on any atom is 0.270 e. The van der Waals surface area contributed by atoms with Crippen LogP contribution in [0.5, 0.6) is 0 Å². The van der Waals surface area contributed by atoms with Gasteiger partial charge in [0.25, 0.3) is 5.91 Å². The predicted molar refractivity (Wildman–Crippen MR) is 98.4 cm³/mol. The van der Waals surface area contributed by atoms with E-state index in [1.165, 1.54) is 6.33 Å². The Balaban J connectivity index is 1.41. The Morgan fingerprint density at radius 2 is 1.84 bits per heavy atom. The Bertz CT molecular complexity index is 772. The number of nitrogens with zero attached hydrogens (tertiary/aromatic N) is 4. The van der Waals surface area contributed by atoms with Crippen LogP contribution in [0, 0.1) is 0 Å². The van der Waals surface area contributed by atoms with Gasteiger partial charge in [-0.05, 0) is 31.0 Å². The Labute approximate surface area is 151 Å². The van der Waals surface area contributed by atoms with Crippen molar-refractivity contribution in [1.29, 1.82) is 0 Å². The van der Waals surface area contributed by atoms with E-state index < -0.39 is 0 Å². The minimum absolute atomic E-state index is 0.108. The zero-order chi connectivity index (χ0) is 17.2. The molecule has 25 heavy (non-hydrogen) atoms. The monoisotopic (exact) mass is 357 g/mol. The van der Waals surface area contributed by atoms with Gasteiger partial charge in [0.1, 0.15) is 17.8 Å². The van der Waals surface area contributed by atoms with E-state index in [2.05, 4.69) is 31.2 Å². The fourth-order valence-corrected chi connectivity index (χ4v) is 3.18. The van der Waals surface area contributed by atoms with Crippen molar-refractivity contribution in [2.45, 2.75) is 18.9 Å². The molecule has 1 aromatic heterocycles. The van der Waals surface area contributed by atoms with Gasteiger partial charge in [0, 0.05) is 49.0 Å². The van der Waals surface area contributed by atoms with Gasteiger partial charge in [-0.2, -0.15) is 0 Å². The van der Waals surface area contributed by atoms with Crippen molar-refractivity contribution in [3.05, 3.63) is 47.4 Å².